The summed E-state index contributed by atoms with van der Waals surface area (Å²) in [6, 6.07) is 6.05. The predicted molar refractivity (Wildman–Crippen MR) is 127 cm³/mol. The third kappa shape index (κ3) is 7.27. The lowest BCUT2D eigenvalue weighted by atomic mass is 10.1. The first kappa shape index (κ1) is 28.4. The number of para-hydroxylation sites is 1. The molecule has 0 bridgehead atoms. The Balaban J connectivity index is 1.48. The van der Waals surface area contributed by atoms with E-state index in [1.807, 2.05) is 0 Å². The van der Waals surface area contributed by atoms with Crippen LogP contribution < -0.4 is 15.2 Å². The summed E-state index contributed by atoms with van der Waals surface area (Å²) < 4.78 is 70.1. The molecule has 0 radical (unpaired) electrons. The summed E-state index contributed by atoms with van der Waals surface area (Å²) >= 11 is 0. The van der Waals surface area contributed by atoms with Gasteiger partial charge in [0.05, 0.1) is 30.9 Å². The third-order valence-electron chi connectivity index (χ3n) is 5.93. The zero-order valence-electron chi connectivity index (χ0n) is 19.9. The number of aliphatic hydroxyl groups is 2. The van der Waals surface area contributed by atoms with Gasteiger partial charge in [-0.05, 0) is 18.6 Å². The summed E-state index contributed by atoms with van der Waals surface area (Å²) in [6.07, 6.45) is -3.75. The standard InChI is InChI=1S/C22H23F3N6O7S/c23-22(24,25)38-17-4-2-1-3-12(17)9-31-6-5-15(30-31)19(33)14-8-27-11-28-21(14)29-16-7-13(18(32)20(16)34)10-37-39(26,35)36/h1-6,8,11,13,16,18,20,32,34H,7,9-10H2,(H2,26,35,36)(H,27,28,29)/t13-,16-,18-,20+/m1/s1. The van der Waals surface area contributed by atoms with Crippen LogP contribution in [0.25, 0.3) is 0 Å². The molecular weight excluding hydrogens is 549 g/mol. The van der Waals surface area contributed by atoms with Crippen molar-refractivity contribution in [1.82, 2.24) is 19.7 Å². The molecule has 0 amide bonds. The number of nitrogens with two attached hydrogens (primary N) is 1. The Labute approximate surface area is 219 Å². The molecule has 4 rings (SSSR count). The van der Waals surface area contributed by atoms with Crippen molar-refractivity contribution in [2.75, 3.05) is 11.9 Å². The van der Waals surface area contributed by atoms with E-state index in [0.29, 0.717) is 0 Å². The normalized spacial score (nSPS) is 21.6. The number of carbonyl (C=O) groups excluding carboxylic acids is 1. The van der Waals surface area contributed by atoms with Crippen LogP contribution in [0.4, 0.5) is 19.0 Å². The van der Waals surface area contributed by atoms with Crippen LogP contribution in [0.1, 0.15) is 28.0 Å². The lowest BCUT2D eigenvalue weighted by molar-refractivity contribution is -0.274. The highest BCUT2D eigenvalue weighted by molar-refractivity contribution is 7.84. The molecule has 1 aliphatic carbocycles. The van der Waals surface area contributed by atoms with Gasteiger partial charge in [0.25, 0.3) is 0 Å². The second kappa shape index (κ2) is 11.2. The Kier molecular flexibility index (Phi) is 8.17. The number of hydrogen-bond acceptors (Lipinski definition) is 11. The molecule has 1 fully saturated rings. The van der Waals surface area contributed by atoms with Crippen molar-refractivity contribution in [2.24, 2.45) is 11.1 Å². The molecule has 1 saturated carbocycles. The number of nitrogens with zero attached hydrogens (tertiary/aromatic N) is 4. The maximum atomic E-state index is 13.2. The smallest absolute Gasteiger partial charge is 0.405 e. The van der Waals surface area contributed by atoms with Crippen LogP contribution in [0.2, 0.25) is 0 Å². The first-order valence-electron chi connectivity index (χ1n) is 11.3. The number of hydrogen-bond donors (Lipinski definition) is 4. The average Bonchev–Trinajstić information content (AvgIpc) is 3.43. The lowest BCUT2D eigenvalue weighted by Gasteiger charge is -2.19. The van der Waals surface area contributed by atoms with Crippen LogP contribution in [0.5, 0.6) is 5.75 Å². The van der Waals surface area contributed by atoms with E-state index in [0.717, 1.165) is 12.4 Å². The molecule has 39 heavy (non-hydrogen) atoms. The molecule has 0 saturated heterocycles. The molecule has 13 nitrogen and oxygen atoms in total. The fourth-order valence-electron chi connectivity index (χ4n) is 4.14. The van der Waals surface area contributed by atoms with Crippen molar-refractivity contribution in [2.45, 2.75) is 37.6 Å². The van der Waals surface area contributed by atoms with E-state index in [1.54, 1.807) is 0 Å². The number of ether oxygens (including phenoxy) is 1. The predicted octanol–water partition coefficient (Wildman–Crippen LogP) is 0.593. The van der Waals surface area contributed by atoms with Crippen LogP contribution in [0, 0.1) is 5.92 Å². The quantitative estimate of drug-likeness (QED) is 0.249. The van der Waals surface area contributed by atoms with Gasteiger partial charge in [-0.1, -0.05) is 18.2 Å². The van der Waals surface area contributed by atoms with Crippen LogP contribution in [-0.2, 0) is 21.0 Å². The minimum Gasteiger partial charge on any atom is -0.405 e. The number of carbonyl (C=O) groups is 1. The number of nitrogens with one attached hydrogen (secondary N) is 1. The number of ketones is 1. The van der Waals surface area contributed by atoms with Crippen molar-refractivity contribution in [3.05, 3.63) is 65.9 Å². The molecule has 3 aromatic rings. The van der Waals surface area contributed by atoms with Crippen LogP contribution in [0.3, 0.4) is 0 Å². The molecule has 210 valence electrons. The number of aromatic nitrogens is 4. The van der Waals surface area contributed by atoms with Gasteiger partial charge in [-0.3, -0.25) is 13.7 Å². The van der Waals surface area contributed by atoms with E-state index in [2.05, 4.69) is 29.3 Å². The van der Waals surface area contributed by atoms with E-state index in [4.69, 9.17) is 5.14 Å². The van der Waals surface area contributed by atoms with Gasteiger partial charge in [0.2, 0.25) is 5.78 Å². The van der Waals surface area contributed by atoms with Gasteiger partial charge in [-0.15, -0.1) is 13.2 Å². The number of benzene rings is 1. The molecule has 17 heteroatoms. The highest BCUT2D eigenvalue weighted by atomic mass is 32.2. The summed E-state index contributed by atoms with van der Waals surface area (Å²) in [5.74, 6) is -1.80. The Bertz CT molecular complexity index is 1440. The first-order chi connectivity index (χ1) is 18.3. The summed E-state index contributed by atoms with van der Waals surface area (Å²) in [5, 5.41) is 32.5. The third-order valence-corrected chi connectivity index (χ3v) is 6.40. The Morgan fingerprint density at radius 1 is 1.21 bits per heavy atom. The molecule has 2 heterocycles. The number of alkyl halides is 3. The van der Waals surface area contributed by atoms with Crippen LogP contribution in [-0.4, -0.2) is 75.4 Å². The van der Waals surface area contributed by atoms with Crippen LogP contribution >= 0.6 is 0 Å². The fourth-order valence-corrected chi connectivity index (χ4v) is 4.51. The maximum Gasteiger partial charge on any atom is 0.573 e. The molecule has 1 aliphatic rings. The largest absolute Gasteiger partial charge is 0.573 e. The zero-order chi connectivity index (χ0) is 28.4. The Morgan fingerprint density at radius 2 is 1.95 bits per heavy atom. The van der Waals surface area contributed by atoms with Crippen molar-refractivity contribution in [3.63, 3.8) is 0 Å². The van der Waals surface area contributed by atoms with Gasteiger partial charge in [0.1, 0.15) is 29.7 Å². The second-order valence-corrected chi connectivity index (χ2v) is 9.89. The van der Waals surface area contributed by atoms with E-state index >= 15 is 0 Å². The highest BCUT2D eigenvalue weighted by Crippen LogP contribution is 2.31. The topological polar surface area (TPSA) is 192 Å². The van der Waals surface area contributed by atoms with Crippen molar-refractivity contribution < 1.29 is 45.5 Å². The summed E-state index contributed by atoms with van der Waals surface area (Å²) in [5.41, 5.74) is 0.0834. The van der Waals surface area contributed by atoms with E-state index in [9.17, 15) is 36.6 Å². The SMILES string of the molecule is NS(=O)(=O)OC[C@H]1C[C@@H](Nc2ncncc2C(=O)c2ccn(Cc3ccccc3OC(F)(F)F)n2)[C@H](O)[C@@H]1O. The van der Waals surface area contributed by atoms with Crippen molar-refractivity contribution in [1.29, 1.82) is 0 Å². The number of aliphatic hydroxyl groups excluding tert-OH is 2. The molecular formula is C22H23F3N6O7S. The zero-order valence-corrected chi connectivity index (χ0v) is 20.7. The van der Waals surface area contributed by atoms with Crippen LogP contribution in [0.15, 0.2) is 49.1 Å². The number of halogens is 3. The van der Waals surface area contributed by atoms with Gasteiger partial charge in [0.15, 0.2) is 0 Å². The van der Waals surface area contributed by atoms with Gasteiger partial charge in [-0.25, -0.2) is 15.1 Å². The highest BCUT2D eigenvalue weighted by Gasteiger charge is 2.42. The summed E-state index contributed by atoms with van der Waals surface area (Å²) in [4.78, 5) is 21.1. The lowest BCUT2D eigenvalue weighted by Crippen LogP contribution is -2.36. The Hall–Kier alpha value is -3.64. The molecule has 0 spiro atoms. The molecule has 5 N–H and O–H groups in total. The first-order valence-corrected chi connectivity index (χ1v) is 12.8. The van der Waals surface area contributed by atoms with Crippen molar-refractivity contribution in [3.8, 4) is 5.75 Å². The Morgan fingerprint density at radius 3 is 2.67 bits per heavy atom. The van der Waals surface area contributed by atoms with Gasteiger partial charge >= 0.3 is 16.7 Å². The van der Waals surface area contributed by atoms with Gasteiger partial charge < -0.3 is 20.3 Å². The molecule has 2 aromatic heterocycles. The minimum absolute atomic E-state index is 0.0118. The molecule has 1 aromatic carbocycles. The van der Waals surface area contributed by atoms with Gasteiger partial charge in [-0.2, -0.15) is 13.5 Å². The molecule has 0 unspecified atom stereocenters. The van der Waals surface area contributed by atoms with E-state index in [1.165, 1.54) is 41.3 Å². The number of anilines is 1. The minimum atomic E-state index is -4.88. The average molecular weight is 573 g/mol. The molecule has 4 atom stereocenters. The van der Waals surface area contributed by atoms with Crippen molar-refractivity contribution >= 4 is 21.9 Å². The summed E-state index contributed by atoms with van der Waals surface area (Å²) in [7, 11) is -4.25. The number of rotatable bonds is 10. The summed E-state index contributed by atoms with van der Waals surface area (Å²) in [6.45, 7) is -0.580. The monoisotopic (exact) mass is 572 g/mol. The maximum absolute atomic E-state index is 13.2. The fraction of sp³-hybridized carbons (Fsp3) is 0.364. The van der Waals surface area contributed by atoms with E-state index in [-0.39, 0.29) is 35.6 Å². The second-order valence-electron chi connectivity index (χ2n) is 8.67. The van der Waals surface area contributed by atoms with E-state index < -0.39 is 59.0 Å². The molecule has 0 aliphatic heterocycles. The van der Waals surface area contributed by atoms with Gasteiger partial charge in [0, 0.05) is 23.9 Å².